The molecule has 0 spiro atoms. The summed E-state index contributed by atoms with van der Waals surface area (Å²) >= 11 is 5.84. The number of halogens is 2. The molecule has 0 saturated heterocycles. The number of hydrogen-bond donors (Lipinski definition) is 0. The van der Waals surface area contributed by atoms with E-state index in [2.05, 4.69) is 0 Å². The Bertz CT molecular complexity index is 825. The van der Waals surface area contributed by atoms with E-state index in [1.807, 2.05) is 24.3 Å². The SMILES string of the molecule is O=C(c1ccc(F)cc1)c1ccc(OCc2ccc(Cl)cc2)cc1. The highest BCUT2D eigenvalue weighted by atomic mass is 35.5. The summed E-state index contributed by atoms with van der Waals surface area (Å²) in [7, 11) is 0. The highest BCUT2D eigenvalue weighted by molar-refractivity contribution is 6.30. The molecule has 0 aliphatic rings. The molecule has 3 rings (SSSR count). The highest BCUT2D eigenvalue weighted by Gasteiger charge is 2.09. The van der Waals surface area contributed by atoms with Gasteiger partial charge in [-0.05, 0) is 66.2 Å². The summed E-state index contributed by atoms with van der Waals surface area (Å²) in [5.74, 6) is 0.150. The van der Waals surface area contributed by atoms with E-state index in [0.29, 0.717) is 28.5 Å². The van der Waals surface area contributed by atoms with Crippen LogP contribution in [0.1, 0.15) is 21.5 Å². The fourth-order valence-corrected chi connectivity index (χ4v) is 2.34. The standard InChI is InChI=1S/C20H14ClFO2/c21-17-7-1-14(2-8-17)13-24-19-11-5-16(6-12-19)20(23)15-3-9-18(22)10-4-15/h1-12H,13H2. The Kier molecular flexibility index (Phi) is 4.92. The third kappa shape index (κ3) is 4.00. The first-order valence-electron chi connectivity index (χ1n) is 7.39. The summed E-state index contributed by atoms with van der Waals surface area (Å²) in [6.07, 6.45) is 0. The molecule has 0 amide bonds. The first kappa shape index (κ1) is 16.2. The molecule has 0 unspecified atom stereocenters. The molecular weight excluding hydrogens is 327 g/mol. The van der Waals surface area contributed by atoms with Crippen LogP contribution in [-0.2, 0) is 6.61 Å². The lowest BCUT2D eigenvalue weighted by Crippen LogP contribution is -2.01. The maximum atomic E-state index is 12.9. The molecule has 3 aromatic carbocycles. The third-order valence-electron chi connectivity index (χ3n) is 3.54. The minimum absolute atomic E-state index is 0.153. The van der Waals surface area contributed by atoms with Gasteiger partial charge in [-0.25, -0.2) is 4.39 Å². The van der Waals surface area contributed by atoms with Crippen LogP contribution in [0, 0.1) is 5.82 Å². The summed E-state index contributed by atoms with van der Waals surface area (Å²) < 4.78 is 18.6. The van der Waals surface area contributed by atoms with Crippen LogP contribution in [0.3, 0.4) is 0 Å². The number of ether oxygens (including phenoxy) is 1. The fraction of sp³-hybridized carbons (Fsp3) is 0.0500. The Morgan fingerprint density at radius 3 is 1.96 bits per heavy atom. The average Bonchev–Trinajstić information content (AvgIpc) is 2.62. The molecule has 0 atom stereocenters. The monoisotopic (exact) mass is 340 g/mol. The summed E-state index contributed by atoms with van der Waals surface area (Å²) in [6, 6.07) is 19.8. The van der Waals surface area contributed by atoms with Crippen molar-refractivity contribution in [3.63, 3.8) is 0 Å². The zero-order valence-electron chi connectivity index (χ0n) is 12.7. The smallest absolute Gasteiger partial charge is 0.193 e. The topological polar surface area (TPSA) is 26.3 Å². The van der Waals surface area contributed by atoms with Gasteiger partial charge in [-0.1, -0.05) is 23.7 Å². The van der Waals surface area contributed by atoms with Crippen molar-refractivity contribution in [3.8, 4) is 5.75 Å². The van der Waals surface area contributed by atoms with E-state index in [0.717, 1.165) is 5.56 Å². The van der Waals surface area contributed by atoms with Crippen LogP contribution in [0.15, 0.2) is 72.8 Å². The van der Waals surface area contributed by atoms with Crippen molar-refractivity contribution in [2.75, 3.05) is 0 Å². The molecule has 4 heteroatoms. The molecule has 0 fully saturated rings. The molecule has 0 heterocycles. The van der Waals surface area contributed by atoms with E-state index in [1.54, 1.807) is 24.3 Å². The van der Waals surface area contributed by atoms with Gasteiger partial charge in [-0.2, -0.15) is 0 Å². The zero-order valence-corrected chi connectivity index (χ0v) is 13.5. The molecule has 24 heavy (non-hydrogen) atoms. The van der Waals surface area contributed by atoms with Gasteiger partial charge < -0.3 is 4.74 Å². The van der Waals surface area contributed by atoms with Gasteiger partial charge in [0.2, 0.25) is 0 Å². The summed E-state index contributed by atoms with van der Waals surface area (Å²) in [5.41, 5.74) is 1.98. The number of ketones is 1. The Morgan fingerprint density at radius 2 is 1.38 bits per heavy atom. The van der Waals surface area contributed by atoms with Crippen molar-refractivity contribution in [2.45, 2.75) is 6.61 Å². The number of carbonyl (C=O) groups is 1. The van der Waals surface area contributed by atoms with Crippen molar-refractivity contribution in [2.24, 2.45) is 0 Å². The van der Waals surface area contributed by atoms with Gasteiger partial charge in [-0.15, -0.1) is 0 Å². The molecule has 2 nitrogen and oxygen atoms in total. The van der Waals surface area contributed by atoms with E-state index in [1.165, 1.54) is 24.3 Å². The van der Waals surface area contributed by atoms with Gasteiger partial charge in [0, 0.05) is 16.1 Å². The molecule has 0 bridgehead atoms. The van der Waals surface area contributed by atoms with Crippen LogP contribution in [0.5, 0.6) is 5.75 Å². The van der Waals surface area contributed by atoms with Crippen LogP contribution in [0.2, 0.25) is 5.02 Å². The second kappa shape index (κ2) is 7.28. The molecule has 0 aliphatic heterocycles. The van der Waals surface area contributed by atoms with Crippen molar-refractivity contribution in [3.05, 3.63) is 100 Å². The summed E-state index contributed by atoms with van der Waals surface area (Å²) in [6.45, 7) is 0.419. The van der Waals surface area contributed by atoms with Gasteiger partial charge in [0.1, 0.15) is 18.2 Å². The average molecular weight is 341 g/mol. The fourth-order valence-electron chi connectivity index (χ4n) is 2.22. The molecule has 0 radical (unpaired) electrons. The highest BCUT2D eigenvalue weighted by Crippen LogP contribution is 2.18. The molecule has 0 aromatic heterocycles. The molecule has 120 valence electrons. The second-order valence-corrected chi connectivity index (χ2v) is 5.71. The van der Waals surface area contributed by atoms with E-state index in [9.17, 15) is 9.18 Å². The number of rotatable bonds is 5. The normalized spacial score (nSPS) is 10.4. The maximum absolute atomic E-state index is 12.9. The Hall–Kier alpha value is -2.65. The van der Waals surface area contributed by atoms with E-state index < -0.39 is 0 Å². The Labute approximate surface area is 144 Å². The lowest BCUT2D eigenvalue weighted by molar-refractivity contribution is 0.103. The number of benzene rings is 3. The number of hydrogen-bond acceptors (Lipinski definition) is 2. The van der Waals surface area contributed by atoms with E-state index in [-0.39, 0.29) is 11.6 Å². The quantitative estimate of drug-likeness (QED) is 0.590. The van der Waals surface area contributed by atoms with Gasteiger partial charge >= 0.3 is 0 Å². The van der Waals surface area contributed by atoms with Gasteiger partial charge in [0.15, 0.2) is 5.78 Å². The van der Waals surface area contributed by atoms with Crippen molar-refractivity contribution in [1.29, 1.82) is 0 Å². The first-order valence-corrected chi connectivity index (χ1v) is 7.77. The first-order chi connectivity index (χ1) is 11.6. The van der Waals surface area contributed by atoms with Crippen LogP contribution >= 0.6 is 11.6 Å². The van der Waals surface area contributed by atoms with Gasteiger partial charge in [0.05, 0.1) is 0 Å². The Balaban J connectivity index is 1.65. The molecular formula is C20H14ClFO2. The van der Waals surface area contributed by atoms with E-state index >= 15 is 0 Å². The van der Waals surface area contributed by atoms with Gasteiger partial charge in [0.25, 0.3) is 0 Å². The van der Waals surface area contributed by atoms with Crippen molar-refractivity contribution >= 4 is 17.4 Å². The minimum Gasteiger partial charge on any atom is -0.489 e. The predicted molar refractivity (Wildman–Crippen MR) is 92.1 cm³/mol. The third-order valence-corrected chi connectivity index (χ3v) is 3.79. The largest absolute Gasteiger partial charge is 0.489 e. The predicted octanol–water partition coefficient (Wildman–Crippen LogP) is 5.29. The molecule has 0 saturated carbocycles. The molecule has 0 N–H and O–H groups in total. The zero-order chi connectivity index (χ0) is 16.9. The second-order valence-electron chi connectivity index (χ2n) is 5.28. The van der Waals surface area contributed by atoms with Crippen molar-refractivity contribution in [1.82, 2.24) is 0 Å². The van der Waals surface area contributed by atoms with Gasteiger partial charge in [-0.3, -0.25) is 4.79 Å². The van der Waals surface area contributed by atoms with Crippen LogP contribution in [0.4, 0.5) is 4.39 Å². The van der Waals surface area contributed by atoms with Crippen LogP contribution in [-0.4, -0.2) is 5.78 Å². The number of carbonyl (C=O) groups excluding carboxylic acids is 1. The maximum Gasteiger partial charge on any atom is 0.193 e. The molecule has 0 aliphatic carbocycles. The Morgan fingerprint density at radius 1 is 0.833 bits per heavy atom. The summed E-state index contributed by atoms with van der Waals surface area (Å²) in [5, 5.41) is 0.683. The van der Waals surface area contributed by atoms with E-state index in [4.69, 9.17) is 16.3 Å². The lowest BCUT2D eigenvalue weighted by atomic mass is 10.0. The van der Waals surface area contributed by atoms with Crippen molar-refractivity contribution < 1.29 is 13.9 Å². The lowest BCUT2D eigenvalue weighted by Gasteiger charge is -2.07. The van der Waals surface area contributed by atoms with Crippen LogP contribution < -0.4 is 4.74 Å². The molecule has 3 aromatic rings. The van der Waals surface area contributed by atoms with Crippen LogP contribution in [0.25, 0.3) is 0 Å². The minimum atomic E-state index is -0.363. The summed E-state index contributed by atoms with van der Waals surface area (Å²) in [4.78, 5) is 12.3.